The van der Waals surface area contributed by atoms with Gasteiger partial charge in [0.15, 0.2) is 5.78 Å². The second-order valence-corrected chi connectivity index (χ2v) is 4.69. The predicted octanol–water partition coefficient (Wildman–Crippen LogP) is -0.313. The second kappa shape index (κ2) is 7.55. The Kier molecular flexibility index (Phi) is 7.22. The number of nitrogens with two attached hydrogens (primary N) is 1. The van der Waals surface area contributed by atoms with Crippen molar-refractivity contribution in [2.24, 2.45) is 5.73 Å². The summed E-state index contributed by atoms with van der Waals surface area (Å²) >= 11 is 1.72. The van der Waals surface area contributed by atoms with Gasteiger partial charge in [-0.1, -0.05) is 29.5 Å². The van der Waals surface area contributed by atoms with Gasteiger partial charge in [-0.3, -0.25) is 14.4 Å². The highest BCUT2D eigenvalue weighted by atomic mass is 127. The van der Waals surface area contributed by atoms with E-state index in [0.29, 0.717) is 0 Å². The van der Waals surface area contributed by atoms with Crippen LogP contribution < -0.4 is 11.1 Å². The number of Topliss-reactive ketones (excluding diaryl/α,β-unsaturated/α-hetero) is 1. The van der Waals surface area contributed by atoms with Crippen LogP contribution in [0.2, 0.25) is 0 Å². The molecule has 4 N–H and O–H groups in total. The minimum atomic E-state index is -1.05. The lowest BCUT2D eigenvalue weighted by molar-refractivity contribution is -0.138. The van der Waals surface area contributed by atoms with Crippen LogP contribution in [0.4, 0.5) is 0 Å². The smallest absolute Gasteiger partial charge is 0.304 e. The van der Waals surface area contributed by atoms with Crippen LogP contribution in [0.15, 0.2) is 0 Å². The van der Waals surface area contributed by atoms with Crippen LogP contribution >= 0.6 is 22.6 Å². The standard InChI is InChI=1S/C9H15IN2O4/c1-2-7(13)6(4-11)12-9(16)5(10)3-8(14)15/h5-6H,2-4,11H2,1H3,(H,12,16)(H,14,15)/t5?,6-/m1/s1. The first-order chi connectivity index (χ1) is 7.42. The Hall–Kier alpha value is -0.700. The van der Waals surface area contributed by atoms with Crippen LogP contribution in [-0.2, 0) is 14.4 Å². The number of ketones is 1. The number of carboxylic acids is 1. The third-order valence-electron chi connectivity index (χ3n) is 1.93. The van der Waals surface area contributed by atoms with Gasteiger partial charge in [0, 0.05) is 13.0 Å². The summed E-state index contributed by atoms with van der Waals surface area (Å²) in [6.07, 6.45) is 0.0109. The first-order valence-corrected chi connectivity index (χ1v) is 6.05. The Labute approximate surface area is 107 Å². The van der Waals surface area contributed by atoms with Crippen LogP contribution in [0, 0.1) is 0 Å². The van der Waals surface area contributed by atoms with Gasteiger partial charge in [-0.15, -0.1) is 0 Å². The van der Waals surface area contributed by atoms with Crippen molar-refractivity contribution in [1.82, 2.24) is 5.32 Å². The number of aliphatic carboxylic acids is 1. The molecule has 0 saturated heterocycles. The number of rotatable bonds is 7. The molecule has 0 radical (unpaired) electrons. The topological polar surface area (TPSA) is 109 Å². The molecule has 2 atom stereocenters. The monoisotopic (exact) mass is 342 g/mol. The van der Waals surface area contributed by atoms with Crippen molar-refractivity contribution in [2.75, 3.05) is 6.54 Å². The third-order valence-corrected chi connectivity index (χ3v) is 2.93. The third kappa shape index (κ3) is 5.40. The summed E-state index contributed by atoms with van der Waals surface area (Å²) in [5.41, 5.74) is 5.34. The Morgan fingerprint density at radius 2 is 2.00 bits per heavy atom. The number of nitrogens with one attached hydrogen (secondary N) is 1. The molecular formula is C9H15IN2O4. The SMILES string of the molecule is CCC(=O)[C@@H](CN)NC(=O)C(I)CC(=O)O. The van der Waals surface area contributed by atoms with Crippen LogP contribution in [0.25, 0.3) is 0 Å². The Morgan fingerprint density at radius 3 is 2.38 bits per heavy atom. The lowest BCUT2D eigenvalue weighted by atomic mass is 10.1. The van der Waals surface area contributed by atoms with Crippen LogP contribution in [0.5, 0.6) is 0 Å². The van der Waals surface area contributed by atoms with Crippen molar-refractivity contribution in [1.29, 1.82) is 0 Å². The van der Waals surface area contributed by atoms with Gasteiger partial charge in [0.05, 0.1) is 12.5 Å². The highest BCUT2D eigenvalue weighted by Crippen LogP contribution is 2.06. The van der Waals surface area contributed by atoms with E-state index in [2.05, 4.69) is 5.32 Å². The average molecular weight is 342 g/mol. The van der Waals surface area contributed by atoms with Gasteiger partial charge in [0.2, 0.25) is 5.91 Å². The average Bonchev–Trinajstić information content (AvgIpc) is 2.23. The molecule has 0 aliphatic carbocycles. The van der Waals surface area contributed by atoms with E-state index in [-0.39, 0.29) is 25.2 Å². The summed E-state index contributed by atoms with van der Waals surface area (Å²) < 4.78 is -0.700. The van der Waals surface area contributed by atoms with E-state index >= 15 is 0 Å². The number of carbonyl (C=O) groups excluding carboxylic acids is 2. The Balaban J connectivity index is 4.29. The summed E-state index contributed by atoms with van der Waals surface area (Å²) in [6.45, 7) is 1.70. The maximum Gasteiger partial charge on any atom is 0.304 e. The number of carbonyl (C=O) groups is 3. The summed E-state index contributed by atoms with van der Waals surface area (Å²) in [7, 11) is 0. The van der Waals surface area contributed by atoms with E-state index in [4.69, 9.17) is 10.8 Å². The number of carboxylic acid groups (broad SMARTS) is 1. The Bertz CT molecular complexity index is 283. The molecule has 0 aromatic heterocycles. The zero-order valence-electron chi connectivity index (χ0n) is 8.90. The first-order valence-electron chi connectivity index (χ1n) is 4.81. The van der Waals surface area contributed by atoms with Gasteiger partial charge in [-0.25, -0.2) is 0 Å². The van der Waals surface area contributed by atoms with E-state index in [9.17, 15) is 14.4 Å². The number of hydrogen-bond donors (Lipinski definition) is 3. The molecule has 0 heterocycles. The molecule has 0 aromatic rings. The fourth-order valence-corrected chi connectivity index (χ4v) is 1.58. The molecule has 16 heavy (non-hydrogen) atoms. The summed E-state index contributed by atoms with van der Waals surface area (Å²) in [5, 5.41) is 10.9. The van der Waals surface area contributed by atoms with Gasteiger partial charge in [-0.05, 0) is 0 Å². The van der Waals surface area contributed by atoms with Crippen molar-refractivity contribution in [3.8, 4) is 0 Å². The molecule has 0 aliphatic heterocycles. The minimum Gasteiger partial charge on any atom is -0.481 e. The van der Waals surface area contributed by atoms with Crippen LogP contribution in [-0.4, -0.2) is 39.3 Å². The number of alkyl halides is 1. The zero-order valence-corrected chi connectivity index (χ0v) is 11.1. The van der Waals surface area contributed by atoms with Crippen molar-refractivity contribution in [2.45, 2.75) is 29.7 Å². The summed E-state index contributed by atoms with van der Waals surface area (Å²) in [5.74, 6) is -1.68. The van der Waals surface area contributed by atoms with Crippen LogP contribution in [0.1, 0.15) is 19.8 Å². The quantitative estimate of drug-likeness (QED) is 0.434. The maximum absolute atomic E-state index is 11.5. The van der Waals surface area contributed by atoms with E-state index in [1.807, 2.05) is 0 Å². The minimum absolute atomic E-state index is 0.0227. The molecule has 7 heteroatoms. The van der Waals surface area contributed by atoms with Gasteiger partial charge in [-0.2, -0.15) is 0 Å². The largest absolute Gasteiger partial charge is 0.481 e. The van der Waals surface area contributed by atoms with Gasteiger partial charge < -0.3 is 16.2 Å². The zero-order chi connectivity index (χ0) is 12.7. The van der Waals surface area contributed by atoms with Gasteiger partial charge >= 0.3 is 5.97 Å². The molecule has 92 valence electrons. The molecular weight excluding hydrogens is 327 g/mol. The van der Waals surface area contributed by atoms with E-state index in [0.717, 1.165) is 0 Å². The van der Waals surface area contributed by atoms with Crippen molar-refractivity contribution in [3.05, 3.63) is 0 Å². The molecule has 0 saturated carbocycles. The number of hydrogen-bond acceptors (Lipinski definition) is 4. The summed E-state index contributed by atoms with van der Waals surface area (Å²) in [6, 6.07) is -0.719. The van der Waals surface area contributed by atoms with Crippen molar-refractivity contribution >= 4 is 40.3 Å². The maximum atomic E-state index is 11.5. The molecule has 0 aliphatic rings. The van der Waals surface area contributed by atoms with E-state index < -0.39 is 21.8 Å². The molecule has 0 fully saturated rings. The van der Waals surface area contributed by atoms with Crippen molar-refractivity contribution < 1.29 is 19.5 Å². The highest BCUT2D eigenvalue weighted by Gasteiger charge is 2.23. The van der Waals surface area contributed by atoms with E-state index in [1.54, 1.807) is 29.5 Å². The fraction of sp³-hybridized carbons (Fsp3) is 0.667. The molecule has 6 nitrogen and oxygen atoms in total. The molecule has 0 spiro atoms. The molecule has 0 aromatic carbocycles. The predicted molar refractivity (Wildman–Crippen MR) is 66.3 cm³/mol. The molecule has 0 bridgehead atoms. The molecule has 1 unspecified atom stereocenters. The number of halogens is 1. The molecule has 1 amide bonds. The van der Waals surface area contributed by atoms with Crippen LogP contribution in [0.3, 0.4) is 0 Å². The van der Waals surface area contributed by atoms with Gasteiger partial charge in [0.25, 0.3) is 0 Å². The number of amides is 1. The normalized spacial score (nSPS) is 13.9. The Morgan fingerprint density at radius 1 is 1.44 bits per heavy atom. The lowest BCUT2D eigenvalue weighted by Crippen LogP contribution is -2.48. The summed E-state index contributed by atoms with van der Waals surface area (Å²) in [4.78, 5) is 33.2. The first kappa shape index (κ1) is 15.3. The highest BCUT2D eigenvalue weighted by molar-refractivity contribution is 14.1. The lowest BCUT2D eigenvalue weighted by Gasteiger charge is -2.16. The van der Waals surface area contributed by atoms with E-state index in [1.165, 1.54) is 0 Å². The molecule has 0 rings (SSSR count). The van der Waals surface area contributed by atoms with Crippen molar-refractivity contribution in [3.63, 3.8) is 0 Å². The van der Waals surface area contributed by atoms with Gasteiger partial charge in [0.1, 0.15) is 3.92 Å². The fourth-order valence-electron chi connectivity index (χ4n) is 1.03. The second-order valence-electron chi connectivity index (χ2n) is 3.18.